The number of hydrogen-bond donors (Lipinski definition) is 2. The van der Waals surface area contributed by atoms with Crippen molar-refractivity contribution < 1.29 is 14.3 Å². The van der Waals surface area contributed by atoms with Gasteiger partial charge < -0.3 is 20.3 Å². The first-order valence-corrected chi connectivity index (χ1v) is 13.0. The monoisotopic (exact) mass is 459 g/mol. The second-order valence-corrected chi connectivity index (χ2v) is 9.87. The van der Waals surface area contributed by atoms with Gasteiger partial charge in [-0.2, -0.15) is 0 Å². The molecule has 186 valence electrons. The number of unbranched alkanes of at least 4 members (excludes halogenated alkanes) is 4. The van der Waals surface area contributed by atoms with E-state index in [0.29, 0.717) is 5.92 Å². The van der Waals surface area contributed by atoms with Crippen LogP contribution in [0.2, 0.25) is 0 Å². The minimum atomic E-state index is -0.413. The van der Waals surface area contributed by atoms with Gasteiger partial charge in [-0.05, 0) is 76.0 Å². The Kier molecular flexibility index (Phi) is 11.6. The van der Waals surface area contributed by atoms with Crippen molar-refractivity contribution in [2.24, 2.45) is 0 Å². The van der Waals surface area contributed by atoms with Crippen LogP contribution in [0.3, 0.4) is 0 Å². The Morgan fingerprint density at radius 3 is 2.24 bits per heavy atom. The molecule has 1 aromatic carbocycles. The van der Waals surface area contributed by atoms with Crippen molar-refractivity contribution in [3.05, 3.63) is 29.8 Å². The van der Waals surface area contributed by atoms with Crippen molar-refractivity contribution in [1.82, 2.24) is 10.2 Å². The molecular formula is C27H45N3O3. The van der Waals surface area contributed by atoms with Gasteiger partial charge in [0, 0.05) is 25.3 Å². The summed E-state index contributed by atoms with van der Waals surface area (Å²) in [7, 11) is 0. The number of benzene rings is 1. The lowest BCUT2D eigenvalue weighted by Crippen LogP contribution is -2.39. The summed E-state index contributed by atoms with van der Waals surface area (Å²) in [6.07, 6.45) is 10.6. The third kappa shape index (κ3) is 10.1. The standard InChI is InChI=1S/C27H45N3O3/c1-5-7-8-9-10-19-28-25(31)29-24-17-15-23(16-18-24)22-13-11-20-30(21-12-14-22)26(32)33-27(3,4)6-2/h15-18,22H,5-14,19-21H2,1-4H3,(H2,28,29,31). The SMILES string of the molecule is CCCCCCCNC(=O)Nc1ccc(C2CCCN(C(=O)OC(C)(C)CC)CCC2)cc1. The van der Waals surface area contributed by atoms with Crippen molar-refractivity contribution in [2.45, 2.75) is 103 Å². The number of urea groups is 1. The lowest BCUT2D eigenvalue weighted by atomic mass is 9.88. The number of nitrogens with one attached hydrogen (secondary N) is 2. The van der Waals surface area contributed by atoms with Crippen LogP contribution in [-0.2, 0) is 4.74 Å². The molecule has 3 amide bonds. The molecule has 6 nitrogen and oxygen atoms in total. The Bertz CT molecular complexity index is 708. The summed E-state index contributed by atoms with van der Waals surface area (Å²) in [6.45, 7) is 10.4. The van der Waals surface area contributed by atoms with Gasteiger partial charge in [0.15, 0.2) is 0 Å². The molecule has 1 aliphatic heterocycles. The van der Waals surface area contributed by atoms with Crippen molar-refractivity contribution in [2.75, 3.05) is 25.0 Å². The minimum Gasteiger partial charge on any atom is -0.443 e. The molecule has 6 heteroatoms. The summed E-state index contributed by atoms with van der Waals surface area (Å²) in [6, 6.07) is 8.10. The Balaban J connectivity index is 1.75. The normalized spacial score (nSPS) is 15.5. The van der Waals surface area contributed by atoms with E-state index in [1.807, 2.05) is 37.8 Å². The summed E-state index contributed by atoms with van der Waals surface area (Å²) in [5.41, 5.74) is 1.71. The topological polar surface area (TPSA) is 70.7 Å². The van der Waals surface area contributed by atoms with E-state index in [1.54, 1.807) is 0 Å². The van der Waals surface area contributed by atoms with Gasteiger partial charge in [-0.1, -0.05) is 51.7 Å². The Morgan fingerprint density at radius 1 is 1.00 bits per heavy atom. The second-order valence-electron chi connectivity index (χ2n) is 9.87. The van der Waals surface area contributed by atoms with Gasteiger partial charge >= 0.3 is 12.1 Å². The fraction of sp³-hybridized carbons (Fsp3) is 0.704. The van der Waals surface area contributed by atoms with Crippen LogP contribution in [0.25, 0.3) is 0 Å². The van der Waals surface area contributed by atoms with Crippen LogP contribution < -0.4 is 10.6 Å². The molecule has 1 saturated heterocycles. The molecule has 1 heterocycles. The Hall–Kier alpha value is -2.24. The molecule has 0 unspecified atom stereocenters. The molecule has 0 aliphatic carbocycles. The first-order valence-electron chi connectivity index (χ1n) is 13.0. The third-order valence-electron chi connectivity index (χ3n) is 6.64. The van der Waals surface area contributed by atoms with Gasteiger partial charge in [0.05, 0.1) is 0 Å². The van der Waals surface area contributed by atoms with E-state index in [2.05, 4.69) is 29.7 Å². The zero-order chi connectivity index (χ0) is 24.1. The molecule has 0 spiro atoms. The summed E-state index contributed by atoms with van der Waals surface area (Å²) in [5, 5.41) is 5.87. The van der Waals surface area contributed by atoms with Crippen LogP contribution in [0.15, 0.2) is 24.3 Å². The number of ether oxygens (including phenoxy) is 1. The number of likely N-dealkylation sites (tertiary alicyclic amines) is 1. The van der Waals surface area contributed by atoms with E-state index in [0.717, 1.165) is 63.8 Å². The maximum absolute atomic E-state index is 12.5. The fourth-order valence-corrected chi connectivity index (χ4v) is 4.15. The van der Waals surface area contributed by atoms with Crippen LogP contribution in [0, 0.1) is 0 Å². The summed E-state index contributed by atoms with van der Waals surface area (Å²) in [5.74, 6) is 0.487. The number of carbonyl (C=O) groups is 2. The molecule has 0 bridgehead atoms. The fourth-order valence-electron chi connectivity index (χ4n) is 4.15. The lowest BCUT2D eigenvalue weighted by molar-refractivity contribution is 0.00998. The molecular weight excluding hydrogens is 414 g/mol. The average Bonchev–Trinajstić information content (AvgIpc) is 2.76. The second kappa shape index (κ2) is 14.1. The molecule has 1 aromatic rings. The molecule has 0 saturated carbocycles. The van der Waals surface area contributed by atoms with E-state index < -0.39 is 5.60 Å². The summed E-state index contributed by atoms with van der Waals surface area (Å²) >= 11 is 0. The van der Waals surface area contributed by atoms with Gasteiger partial charge in [-0.15, -0.1) is 0 Å². The number of rotatable bonds is 10. The molecule has 1 aliphatic rings. The summed E-state index contributed by atoms with van der Waals surface area (Å²) < 4.78 is 5.67. The number of carbonyl (C=O) groups excluding carboxylic acids is 2. The van der Waals surface area contributed by atoms with Gasteiger partial charge in [0.25, 0.3) is 0 Å². The average molecular weight is 460 g/mol. The Morgan fingerprint density at radius 2 is 1.64 bits per heavy atom. The maximum Gasteiger partial charge on any atom is 0.410 e. The van der Waals surface area contributed by atoms with E-state index in [4.69, 9.17) is 4.74 Å². The highest BCUT2D eigenvalue weighted by Gasteiger charge is 2.26. The lowest BCUT2D eigenvalue weighted by Gasteiger charge is -2.31. The molecule has 33 heavy (non-hydrogen) atoms. The molecule has 2 rings (SSSR count). The van der Waals surface area contributed by atoms with Crippen molar-refractivity contribution >= 4 is 17.8 Å². The zero-order valence-electron chi connectivity index (χ0n) is 21.3. The van der Waals surface area contributed by atoms with Crippen molar-refractivity contribution in [3.63, 3.8) is 0 Å². The van der Waals surface area contributed by atoms with Crippen molar-refractivity contribution in [3.8, 4) is 0 Å². The number of anilines is 1. The highest BCUT2D eigenvalue weighted by Crippen LogP contribution is 2.30. The minimum absolute atomic E-state index is 0.137. The molecule has 1 fully saturated rings. The molecule has 0 radical (unpaired) electrons. The molecule has 2 N–H and O–H groups in total. The van der Waals surface area contributed by atoms with Crippen LogP contribution in [-0.4, -0.2) is 42.3 Å². The van der Waals surface area contributed by atoms with E-state index in [9.17, 15) is 9.59 Å². The number of hydrogen-bond acceptors (Lipinski definition) is 3. The predicted octanol–water partition coefficient (Wildman–Crippen LogP) is 7.06. The Labute approximate surface area is 200 Å². The van der Waals surface area contributed by atoms with Crippen molar-refractivity contribution in [1.29, 1.82) is 0 Å². The maximum atomic E-state index is 12.5. The smallest absolute Gasteiger partial charge is 0.410 e. The van der Waals surface area contributed by atoms with Crippen LogP contribution in [0.1, 0.15) is 103 Å². The predicted molar refractivity (Wildman–Crippen MR) is 136 cm³/mol. The highest BCUT2D eigenvalue weighted by molar-refractivity contribution is 5.89. The van der Waals surface area contributed by atoms with Gasteiger partial charge in [-0.3, -0.25) is 0 Å². The van der Waals surface area contributed by atoms with Gasteiger partial charge in [0.1, 0.15) is 5.60 Å². The number of amides is 3. The summed E-state index contributed by atoms with van der Waals surface area (Å²) in [4.78, 5) is 26.5. The third-order valence-corrected chi connectivity index (χ3v) is 6.64. The molecule has 0 aromatic heterocycles. The van der Waals surface area contributed by atoms with E-state index >= 15 is 0 Å². The van der Waals surface area contributed by atoms with Crippen LogP contribution in [0.4, 0.5) is 15.3 Å². The largest absolute Gasteiger partial charge is 0.443 e. The highest BCUT2D eigenvalue weighted by atomic mass is 16.6. The first kappa shape index (κ1) is 27.0. The zero-order valence-corrected chi connectivity index (χ0v) is 21.3. The first-order chi connectivity index (χ1) is 15.8. The molecule has 0 atom stereocenters. The van der Waals surface area contributed by atoms with E-state index in [-0.39, 0.29) is 12.1 Å². The van der Waals surface area contributed by atoms with Crippen LogP contribution in [0.5, 0.6) is 0 Å². The van der Waals surface area contributed by atoms with Gasteiger partial charge in [0.2, 0.25) is 0 Å². The van der Waals surface area contributed by atoms with E-state index in [1.165, 1.54) is 31.2 Å². The van der Waals surface area contributed by atoms with Crippen LogP contribution >= 0.6 is 0 Å². The number of nitrogens with zero attached hydrogens (tertiary/aromatic N) is 1. The quantitative estimate of drug-likeness (QED) is 0.368. The van der Waals surface area contributed by atoms with Gasteiger partial charge in [-0.25, -0.2) is 9.59 Å².